The molecule has 0 N–H and O–H groups in total. The molecular weight excluding hydrogens is 220 g/mol. The number of nitrogens with zero attached hydrogens (tertiary/aromatic N) is 2. The highest BCUT2D eigenvalue weighted by Crippen LogP contribution is 2.28. The minimum atomic E-state index is -0.519. The average Bonchev–Trinajstić information content (AvgIpc) is 2.29. The van der Waals surface area contributed by atoms with E-state index in [0.29, 0.717) is 23.3 Å². The first kappa shape index (κ1) is 13.0. The van der Waals surface area contributed by atoms with E-state index in [4.69, 9.17) is 10.00 Å². The zero-order valence-corrected chi connectivity index (χ0v) is 10.1. The van der Waals surface area contributed by atoms with Crippen LogP contribution in [0.5, 0.6) is 5.75 Å². The number of nitriles is 1. The van der Waals surface area contributed by atoms with E-state index in [2.05, 4.69) is 0 Å². The Kier molecular flexibility index (Phi) is 4.05. The molecule has 0 saturated heterocycles. The number of aryl methyl sites for hydroxylation is 2. The second-order valence-corrected chi connectivity index (χ2v) is 3.81. The third kappa shape index (κ3) is 2.94. The minimum Gasteiger partial charge on any atom is -0.475 e. The molecule has 5 nitrogen and oxygen atoms in total. The highest BCUT2D eigenvalue weighted by molar-refractivity contribution is 5.49. The Morgan fingerprint density at radius 2 is 2.12 bits per heavy atom. The molecule has 0 spiro atoms. The molecule has 1 aromatic carbocycles. The van der Waals surface area contributed by atoms with Gasteiger partial charge in [0.2, 0.25) is 0 Å². The summed E-state index contributed by atoms with van der Waals surface area (Å²) in [6, 6.07) is 5.10. The van der Waals surface area contributed by atoms with E-state index in [1.165, 1.54) is 6.07 Å². The van der Waals surface area contributed by atoms with E-state index in [0.717, 1.165) is 0 Å². The van der Waals surface area contributed by atoms with Crippen LogP contribution in [0.25, 0.3) is 0 Å². The lowest BCUT2D eigenvalue weighted by Gasteiger charge is -2.13. The van der Waals surface area contributed by atoms with Gasteiger partial charge in [-0.3, -0.25) is 10.1 Å². The molecule has 0 aromatic heterocycles. The fourth-order valence-corrected chi connectivity index (χ4v) is 1.45. The van der Waals surface area contributed by atoms with Crippen LogP contribution < -0.4 is 4.74 Å². The predicted molar refractivity (Wildman–Crippen MR) is 62.9 cm³/mol. The monoisotopic (exact) mass is 234 g/mol. The first-order valence-corrected chi connectivity index (χ1v) is 5.31. The first-order valence-electron chi connectivity index (χ1n) is 5.31. The van der Waals surface area contributed by atoms with E-state index in [-0.39, 0.29) is 5.69 Å². The number of nitro groups is 1. The van der Waals surface area contributed by atoms with Crippen LogP contribution in [-0.2, 0) is 0 Å². The van der Waals surface area contributed by atoms with Crippen LogP contribution in [0.3, 0.4) is 0 Å². The predicted octanol–water partition coefficient (Wildman–Crippen LogP) is 2.89. The van der Waals surface area contributed by atoms with Gasteiger partial charge in [0.25, 0.3) is 5.69 Å². The molecule has 0 fully saturated rings. The van der Waals surface area contributed by atoms with Gasteiger partial charge in [-0.05, 0) is 31.9 Å². The highest BCUT2D eigenvalue weighted by Gasteiger charge is 2.16. The van der Waals surface area contributed by atoms with Crippen LogP contribution in [0.1, 0.15) is 24.5 Å². The van der Waals surface area contributed by atoms with Crippen LogP contribution in [0.4, 0.5) is 5.69 Å². The van der Waals surface area contributed by atoms with Gasteiger partial charge in [0.1, 0.15) is 11.8 Å². The van der Waals surface area contributed by atoms with Crippen LogP contribution in [0.2, 0.25) is 0 Å². The second kappa shape index (κ2) is 5.30. The van der Waals surface area contributed by atoms with E-state index in [1.54, 1.807) is 19.9 Å². The highest BCUT2D eigenvalue weighted by atomic mass is 16.6. The van der Waals surface area contributed by atoms with Gasteiger partial charge in [-0.2, -0.15) is 5.26 Å². The summed E-state index contributed by atoms with van der Waals surface area (Å²) in [7, 11) is 0. The van der Waals surface area contributed by atoms with Gasteiger partial charge >= 0.3 is 0 Å². The van der Waals surface area contributed by atoms with Crippen molar-refractivity contribution >= 4 is 5.69 Å². The summed E-state index contributed by atoms with van der Waals surface area (Å²) in [4.78, 5) is 10.3. The average molecular weight is 234 g/mol. The van der Waals surface area contributed by atoms with Crippen molar-refractivity contribution in [3.63, 3.8) is 0 Å². The van der Waals surface area contributed by atoms with Crippen molar-refractivity contribution in [3.05, 3.63) is 33.4 Å². The van der Waals surface area contributed by atoms with Crippen molar-refractivity contribution in [2.24, 2.45) is 0 Å². The number of benzene rings is 1. The summed E-state index contributed by atoms with van der Waals surface area (Å²) < 4.78 is 5.48. The summed E-state index contributed by atoms with van der Waals surface area (Å²) >= 11 is 0. The normalized spacial score (nSPS) is 11.6. The largest absolute Gasteiger partial charge is 0.475 e. The molecule has 1 rings (SSSR count). The summed E-state index contributed by atoms with van der Waals surface area (Å²) in [5.74, 6) is 0.529. The second-order valence-electron chi connectivity index (χ2n) is 3.81. The molecule has 0 amide bonds. The van der Waals surface area contributed by atoms with E-state index in [1.807, 2.05) is 13.0 Å². The van der Waals surface area contributed by atoms with Gasteiger partial charge in [-0.1, -0.05) is 6.92 Å². The Morgan fingerprint density at radius 3 is 2.59 bits per heavy atom. The number of hydrogen-bond acceptors (Lipinski definition) is 4. The van der Waals surface area contributed by atoms with Gasteiger partial charge < -0.3 is 4.74 Å². The molecule has 5 heteroatoms. The Morgan fingerprint density at radius 1 is 1.47 bits per heavy atom. The molecule has 0 aliphatic carbocycles. The molecule has 0 radical (unpaired) electrons. The van der Waals surface area contributed by atoms with E-state index < -0.39 is 11.0 Å². The van der Waals surface area contributed by atoms with Gasteiger partial charge in [-0.15, -0.1) is 0 Å². The molecule has 17 heavy (non-hydrogen) atoms. The molecule has 0 aliphatic rings. The molecular formula is C12H14N2O3. The topological polar surface area (TPSA) is 76.2 Å². The molecule has 1 aromatic rings. The van der Waals surface area contributed by atoms with E-state index >= 15 is 0 Å². The van der Waals surface area contributed by atoms with Crippen molar-refractivity contribution in [1.29, 1.82) is 5.26 Å². The first-order chi connectivity index (χ1) is 7.99. The van der Waals surface area contributed by atoms with Crippen molar-refractivity contribution in [3.8, 4) is 11.8 Å². The lowest BCUT2D eigenvalue weighted by Crippen LogP contribution is -2.13. The summed E-state index contributed by atoms with van der Waals surface area (Å²) in [5.41, 5.74) is 1.26. The van der Waals surface area contributed by atoms with Gasteiger partial charge in [0.05, 0.1) is 4.92 Å². The maximum absolute atomic E-state index is 10.7. The Labute approximate surface area is 99.8 Å². The van der Waals surface area contributed by atoms with Gasteiger partial charge in [0, 0.05) is 11.6 Å². The van der Waals surface area contributed by atoms with Crippen LogP contribution >= 0.6 is 0 Å². The number of nitro benzene ring substituents is 1. The Hall–Kier alpha value is -2.09. The Bertz CT molecular complexity index is 477. The maximum atomic E-state index is 10.7. The van der Waals surface area contributed by atoms with Gasteiger partial charge in [0.15, 0.2) is 6.10 Å². The standard InChI is InChI=1S/C12H14N2O3/c1-4-10(7-13)17-12-6-8(2)11(14(15)16)5-9(12)3/h5-6,10H,4H2,1-3H3. The molecule has 1 unspecified atom stereocenters. The van der Waals surface area contributed by atoms with Crippen molar-refractivity contribution in [2.75, 3.05) is 0 Å². The van der Waals surface area contributed by atoms with Crippen molar-refractivity contribution < 1.29 is 9.66 Å². The van der Waals surface area contributed by atoms with Crippen molar-refractivity contribution in [1.82, 2.24) is 0 Å². The molecule has 0 aliphatic heterocycles. The zero-order chi connectivity index (χ0) is 13.0. The molecule has 0 heterocycles. The number of hydrogen-bond donors (Lipinski definition) is 0. The minimum absolute atomic E-state index is 0.0693. The third-order valence-corrected chi connectivity index (χ3v) is 2.47. The number of rotatable bonds is 4. The summed E-state index contributed by atoms with van der Waals surface area (Å²) in [5, 5.41) is 19.5. The lowest BCUT2D eigenvalue weighted by atomic mass is 10.1. The fraction of sp³-hybridized carbons (Fsp3) is 0.417. The molecule has 90 valence electrons. The van der Waals surface area contributed by atoms with E-state index in [9.17, 15) is 10.1 Å². The van der Waals surface area contributed by atoms with Crippen LogP contribution in [-0.4, -0.2) is 11.0 Å². The molecule has 1 atom stereocenters. The SMILES string of the molecule is CCC(C#N)Oc1cc(C)c([N+](=O)[O-])cc1C. The quantitative estimate of drug-likeness (QED) is 0.592. The zero-order valence-electron chi connectivity index (χ0n) is 10.1. The van der Waals surface area contributed by atoms with Gasteiger partial charge in [-0.25, -0.2) is 0 Å². The number of ether oxygens (including phenoxy) is 1. The lowest BCUT2D eigenvalue weighted by molar-refractivity contribution is -0.385. The summed E-state index contributed by atoms with van der Waals surface area (Å²) in [6.07, 6.45) is 0.0564. The summed E-state index contributed by atoms with van der Waals surface area (Å²) in [6.45, 7) is 5.23. The third-order valence-electron chi connectivity index (χ3n) is 2.47. The van der Waals surface area contributed by atoms with Crippen LogP contribution in [0, 0.1) is 35.3 Å². The molecule has 0 bridgehead atoms. The van der Waals surface area contributed by atoms with Crippen molar-refractivity contribution in [2.45, 2.75) is 33.3 Å². The molecule has 0 saturated carbocycles. The fourth-order valence-electron chi connectivity index (χ4n) is 1.45. The maximum Gasteiger partial charge on any atom is 0.272 e. The Balaban J connectivity index is 3.08. The smallest absolute Gasteiger partial charge is 0.272 e. The van der Waals surface area contributed by atoms with Crippen LogP contribution in [0.15, 0.2) is 12.1 Å².